The van der Waals surface area contributed by atoms with Crippen LogP contribution in [0.5, 0.6) is 0 Å². The number of rotatable bonds is 3. The smallest absolute Gasteiger partial charge is 0.227 e. The number of halogens is 4. The summed E-state index contributed by atoms with van der Waals surface area (Å²) in [5.41, 5.74) is 0. The number of carbonyl (C=O) groups excluding carboxylic acids is 2. The standard InChI is InChI=1S/C7H7Cl4NO2/c1-12-6(14)3-4(13)2-5(8)7(9,10)11/h2H,3H2,1H3,(H,12,14). The van der Waals surface area contributed by atoms with Crippen LogP contribution in [-0.2, 0) is 9.59 Å². The van der Waals surface area contributed by atoms with E-state index < -0.39 is 15.5 Å². The zero-order valence-corrected chi connectivity index (χ0v) is 10.1. The van der Waals surface area contributed by atoms with E-state index in [4.69, 9.17) is 46.4 Å². The number of nitrogens with one attached hydrogen (secondary N) is 1. The summed E-state index contributed by atoms with van der Waals surface area (Å²) in [6.45, 7) is 0. The molecule has 80 valence electrons. The van der Waals surface area contributed by atoms with Gasteiger partial charge in [0.25, 0.3) is 0 Å². The van der Waals surface area contributed by atoms with Gasteiger partial charge in [-0.15, -0.1) is 0 Å². The van der Waals surface area contributed by atoms with Gasteiger partial charge in [0, 0.05) is 13.1 Å². The lowest BCUT2D eigenvalue weighted by molar-refractivity contribution is -0.125. The summed E-state index contributed by atoms with van der Waals surface area (Å²) in [5, 5.41) is 2.04. The molecule has 1 amide bonds. The van der Waals surface area contributed by atoms with E-state index >= 15 is 0 Å². The first kappa shape index (κ1) is 14.0. The van der Waals surface area contributed by atoms with Crippen molar-refractivity contribution < 1.29 is 9.59 Å². The SMILES string of the molecule is CNC(=O)CC(=O)C=C(Cl)C(Cl)(Cl)Cl. The predicted molar refractivity (Wildman–Crippen MR) is 57.9 cm³/mol. The van der Waals surface area contributed by atoms with Crippen molar-refractivity contribution in [3.8, 4) is 0 Å². The molecule has 3 nitrogen and oxygen atoms in total. The number of amides is 1. The Morgan fingerprint density at radius 2 is 1.86 bits per heavy atom. The fraction of sp³-hybridized carbons (Fsp3) is 0.429. The average molecular weight is 279 g/mol. The van der Waals surface area contributed by atoms with Crippen molar-refractivity contribution in [2.75, 3.05) is 7.05 Å². The Kier molecular flexibility index (Phi) is 5.83. The monoisotopic (exact) mass is 277 g/mol. The van der Waals surface area contributed by atoms with E-state index in [2.05, 4.69) is 5.32 Å². The summed E-state index contributed by atoms with van der Waals surface area (Å²) in [4.78, 5) is 21.8. The molecule has 0 bridgehead atoms. The molecule has 0 rings (SSSR count). The average Bonchev–Trinajstić information content (AvgIpc) is 2.02. The van der Waals surface area contributed by atoms with Crippen molar-refractivity contribution in [3.63, 3.8) is 0 Å². The van der Waals surface area contributed by atoms with Crippen LogP contribution >= 0.6 is 46.4 Å². The quantitative estimate of drug-likeness (QED) is 0.489. The summed E-state index contributed by atoms with van der Waals surface area (Å²) in [5.74, 6) is -0.958. The molecular formula is C7H7Cl4NO2. The Labute approximate surface area is 101 Å². The molecule has 0 aromatic carbocycles. The van der Waals surface area contributed by atoms with E-state index in [0.29, 0.717) is 0 Å². The van der Waals surface area contributed by atoms with E-state index in [1.54, 1.807) is 0 Å². The summed E-state index contributed by atoms with van der Waals surface area (Å²) >= 11 is 21.6. The zero-order chi connectivity index (χ0) is 11.4. The summed E-state index contributed by atoms with van der Waals surface area (Å²) in [6.07, 6.45) is 0.595. The number of carbonyl (C=O) groups is 2. The molecule has 0 aliphatic rings. The van der Waals surface area contributed by atoms with E-state index in [1.165, 1.54) is 7.05 Å². The van der Waals surface area contributed by atoms with Crippen molar-refractivity contribution in [1.82, 2.24) is 5.32 Å². The molecule has 0 spiro atoms. The highest BCUT2D eigenvalue weighted by Crippen LogP contribution is 2.36. The van der Waals surface area contributed by atoms with Crippen LogP contribution in [0.4, 0.5) is 0 Å². The Bertz CT molecular complexity index is 269. The third-order valence-electron chi connectivity index (χ3n) is 1.17. The van der Waals surface area contributed by atoms with Gasteiger partial charge in [0.05, 0.1) is 11.5 Å². The summed E-state index contributed by atoms with van der Waals surface area (Å²) in [6, 6.07) is 0. The minimum absolute atomic E-state index is 0.239. The fourth-order valence-electron chi connectivity index (χ4n) is 0.521. The van der Waals surface area contributed by atoms with E-state index in [0.717, 1.165) is 6.08 Å². The first-order valence-electron chi connectivity index (χ1n) is 3.45. The number of hydrogen-bond acceptors (Lipinski definition) is 2. The number of hydrogen-bond donors (Lipinski definition) is 1. The van der Waals surface area contributed by atoms with Crippen molar-refractivity contribution >= 4 is 58.1 Å². The second-order valence-electron chi connectivity index (χ2n) is 2.31. The second kappa shape index (κ2) is 5.81. The summed E-state index contributed by atoms with van der Waals surface area (Å²) < 4.78 is -1.83. The first-order chi connectivity index (χ1) is 6.27. The summed E-state index contributed by atoms with van der Waals surface area (Å²) in [7, 11) is 1.41. The molecule has 0 aliphatic carbocycles. The molecule has 0 unspecified atom stereocenters. The Morgan fingerprint density at radius 3 is 2.21 bits per heavy atom. The maximum atomic E-state index is 11.1. The molecule has 0 saturated heterocycles. The van der Waals surface area contributed by atoms with Gasteiger partial charge in [-0.2, -0.15) is 0 Å². The third kappa shape index (κ3) is 5.70. The predicted octanol–water partition coefficient (Wildman–Crippen LogP) is 2.18. The van der Waals surface area contributed by atoms with Gasteiger partial charge in [-0.25, -0.2) is 0 Å². The van der Waals surface area contributed by atoms with Crippen LogP contribution in [0.2, 0.25) is 0 Å². The van der Waals surface area contributed by atoms with E-state index in [9.17, 15) is 9.59 Å². The molecule has 0 radical (unpaired) electrons. The van der Waals surface area contributed by atoms with Crippen molar-refractivity contribution in [1.29, 1.82) is 0 Å². The topological polar surface area (TPSA) is 46.2 Å². The normalized spacial score (nSPS) is 12.5. The maximum absolute atomic E-state index is 11.1. The highest BCUT2D eigenvalue weighted by Gasteiger charge is 2.25. The van der Waals surface area contributed by atoms with E-state index in [1.807, 2.05) is 0 Å². The molecule has 0 aromatic rings. The van der Waals surface area contributed by atoms with Gasteiger partial charge in [0.15, 0.2) is 5.78 Å². The molecule has 7 heteroatoms. The molecule has 0 aromatic heterocycles. The molecule has 0 atom stereocenters. The van der Waals surface area contributed by atoms with Gasteiger partial charge < -0.3 is 5.32 Å². The van der Waals surface area contributed by atoms with Crippen molar-refractivity contribution in [3.05, 3.63) is 11.1 Å². The van der Waals surface area contributed by atoms with Gasteiger partial charge >= 0.3 is 0 Å². The van der Waals surface area contributed by atoms with Crippen LogP contribution in [0.1, 0.15) is 6.42 Å². The van der Waals surface area contributed by atoms with E-state index in [-0.39, 0.29) is 11.5 Å². The number of alkyl halides is 3. The van der Waals surface area contributed by atoms with Crippen LogP contribution in [0, 0.1) is 0 Å². The zero-order valence-electron chi connectivity index (χ0n) is 7.11. The lowest BCUT2D eigenvalue weighted by Gasteiger charge is -2.07. The maximum Gasteiger partial charge on any atom is 0.227 e. The van der Waals surface area contributed by atoms with Gasteiger partial charge in [0.1, 0.15) is 0 Å². The Balaban J connectivity index is 4.38. The number of allylic oxidation sites excluding steroid dienone is 2. The molecule has 0 heterocycles. The fourth-order valence-corrected chi connectivity index (χ4v) is 0.806. The molecule has 1 N–H and O–H groups in total. The third-order valence-corrected chi connectivity index (χ3v) is 2.47. The molecule has 0 aliphatic heterocycles. The van der Waals surface area contributed by atoms with Crippen molar-refractivity contribution in [2.24, 2.45) is 0 Å². The largest absolute Gasteiger partial charge is 0.359 e. The van der Waals surface area contributed by atoms with Gasteiger partial charge in [-0.05, 0) is 0 Å². The van der Waals surface area contributed by atoms with Crippen molar-refractivity contribution in [2.45, 2.75) is 10.2 Å². The lowest BCUT2D eigenvalue weighted by Crippen LogP contribution is -2.20. The molecular weight excluding hydrogens is 272 g/mol. The van der Waals surface area contributed by atoms with Crippen LogP contribution in [0.25, 0.3) is 0 Å². The van der Waals surface area contributed by atoms with Crippen LogP contribution in [0.15, 0.2) is 11.1 Å². The Hall–Kier alpha value is 0.0400. The molecule has 14 heavy (non-hydrogen) atoms. The molecule has 0 fully saturated rings. The highest BCUT2D eigenvalue weighted by molar-refractivity contribution is 6.73. The van der Waals surface area contributed by atoms with Gasteiger partial charge in [0.2, 0.25) is 9.70 Å². The second-order valence-corrected chi connectivity index (χ2v) is 4.99. The first-order valence-corrected chi connectivity index (χ1v) is 4.96. The minimum atomic E-state index is -1.83. The molecule has 0 saturated carbocycles. The van der Waals surface area contributed by atoms with Crippen LogP contribution in [0.3, 0.4) is 0 Å². The lowest BCUT2D eigenvalue weighted by atomic mass is 10.2. The minimum Gasteiger partial charge on any atom is -0.359 e. The van der Waals surface area contributed by atoms with Crippen LogP contribution < -0.4 is 5.32 Å². The number of ketones is 1. The van der Waals surface area contributed by atoms with Gasteiger partial charge in [-0.3, -0.25) is 9.59 Å². The highest BCUT2D eigenvalue weighted by atomic mass is 35.6. The van der Waals surface area contributed by atoms with Crippen LogP contribution in [-0.4, -0.2) is 22.5 Å². The van der Waals surface area contributed by atoms with Gasteiger partial charge in [-0.1, -0.05) is 46.4 Å². The Morgan fingerprint density at radius 1 is 1.36 bits per heavy atom.